The van der Waals surface area contributed by atoms with Crippen molar-refractivity contribution in [1.82, 2.24) is 5.32 Å². The predicted molar refractivity (Wildman–Crippen MR) is 124 cm³/mol. The second kappa shape index (κ2) is 12.4. The lowest BCUT2D eigenvalue weighted by Crippen LogP contribution is -2.36. The molecule has 2 rings (SSSR count). The summed E-state index contributed by atoms with van der Waals surface area (Å²) in [6.07, 6.45) is 0.00817. The number of ether oxygens (including phenoxy) is 3. The number of anilines is 1. The minimum atomic E-state index is -3.88. The van der Waals surface area contributed by atoms with Crippen LogP contribution < -0.4 is 14.4 Å². The van der Waals surface area contributed by atoms with E-state index in [0.29, 0.717) is 43.4 Å². The van der Waals surface area contributed by atoms with E-state index in [1.807, 2.05) is 13.0 Å². The van der Waals surface area contributed by atoms with E-state index in [9.17, 15) is 13.2 Å². The van der Waals surface area contributed by atoms with E-state index in [1.165, 1.54) is 4.31 Å². The summed E-state index contributed by atoms with van der Waals surface area (Å²) in [5.41, 5.74) is 2.09. The van der Waals surface area contributed by atoms with Gasteiger partial charge < -0.3 is 19.5 Å². The van der Waals surface area contributed by atoms with Crippen molar-refractivity contribution in [1.29, 1.82) is 0 Å². The van der Waals surface area contributed by atoms with Gasteiger partial charge in [0.2, 0.25) is 5.91 Å². The van der Waals surface area contributed by atoms with Crippen LogP contribution in [0.1, 0.15) is 17.5 Å². The molecule has 0 fully saturated rings. The summed E-state index contributed by atoms with van der Waals surface area (Å²) in [4.78, 5) is 12.5. The average Bonchev–Trinajstić information content (AvgIpc) is 2.76. The predicted octanol–water partition coefficient (Wildman–Crippen LogP) is 2.68. The zero-order valence-electron chi connectivity index (χ0n) is 19.1. The van der Waals surface area contributed by atoms with Crippen molar-refractivity contribution in [2.45, 2.75) is 25.2 Å². The Kier molecular flexibility index (Phi) is 9.96. The summed E-state index contributed by atoms with van der Waals surface area (Å²) >= 11 is 0. The lowest BCUT2D eigenvalue weighted by molar-refractivity contribution is -0.121. The van der Waals surface area contributed by atoms with Crippen LogP contribution in [0.5, 0.6) is 5.75 Å². The molecule has 1 amide bonds. The fourth-order valence-electron chi connectivity index (χ4n) is 3.14. The SMILES string of the molecule is COCCOCCNC(=O)CCN(c1ccc(OC)cc1)S(=O)(=O)c1ccc(C)cc1C. The zero-order valence-corrected chi connectivity index (χ0v) is 19.9. The van der Waals surface area contributed by atoms with Gasteiger partial charge in [0.1, 0.15) is 5.75 Å². The first-order chi connectivity index (χ1) is 15.3. The van der Waals surface area contributed by atoms with E-state index in [1.54, 1.807) is 57.5 Å². The number of aryl methyl sites for hydroxylation is 2. The molecule has 0 atom stereocenters. The van der Waals surface area contributed by atoms with Crippen molar-refractivity contribution in [3.05, 3.63) is 53.6 Å². The quantitative estimate of drug-likeness (QED) is 0.458. The molecule has 176 valence electrons. The Morgan fingerprint density at radius 2 is 1.72 bits per heavy atom. The monoisotopic (exact) mass is 464 g/mol. The number of nitrogens with one attached hydrogen (secondary N) is 1. The molecular formula is C23H32N2O6S. The first kappa shape index (κ1) is 25.6. The summed E-state index contributed by atoms with van der Waals surface area (Å²) < 4.78 is 43.7. The highest BCUT2D eigenvalue weighted by atomic mass is 32.2. The number of methoxy groups -OCH3 is 2. The number of hydrogen-bond donors (Lipinski definition) is 1. The molecule has 0 aliphatic heterocycles. The molecule has 32 heavy (non-hydrogen) atoms. The van der Waals surface area contributed by atoms with Crippen LogP contribution in [-0.2, 0) is 24.3 Å². The molecule has 9 heteroatoms. The number of amides is 1. The lowest BCUT2D eigenvalue weighted by atomic mass is 10.2. The van der Waals surface area contributed by atoms with Crippen molar-refractivity contribution >= 4 is 21.6 Å². The Hall–Kier alpha value is -2.62. The van der Waals surface area contributed by atoms with E-state index in [2.05, 4.69) is 5.32 Å². The number of sulfonamides is 1. The third kappa shape index (κ3) is 7.22. The molecule has 0 saturated heterocycles. The fourth-order valence-corrected chi connectivity index (χ4v) is 4.82. The van der Waals surface area contributed by atoms with Gasteiger partial charge in [-0.05, 0) is 49.7 Å². The smallest absolute Gasteiger partial charge is 0.264 e. The molecule has 0 aliphatic rings. The number of hydrogen-bond acceptors (Lipinski definition) is 6. The van der Waals surface area contributed by atoms with Gasteiger partial charge in [-0.25, -0.2) is 8.42 Å². The Labute approximate surface area is 190 Å². The maximum atomic E-state index is 13.5. The molecule has 0 heterocycles. The van der Waals surface area contributed by atoms with Crippen LogP contribution in [-0.4, -0.2) is 61.5 Å². The zero-order chi connectivity index (χ0) is 23.6. The molecule has 0 bridgehead atoms. The van der Waals surface area contributed by atoms with Crippen LogP contribution in [0.2, 0.25) is 0 Å². The van der Waals surface area contributed by atoms with Crippen molar-refractivity contribution < 1.29 is 27.4 Å². The maximum Gasteiger partial charge on any atom is 0.264 e. The summed E-state index contributed by atoms with van der Waals surface area (Å²) in [6, 6.07) is 11.9. The molecule has 0 aliphatic carbocycles. The Balaban J connectivity index is 2.15. The summed E-state index contributed by atoms with van der Waals surface area (Å²) in [6.45, 7) is 5.31. The highest BCUT2D eigenvalue weighted by molar-refractivity contribution is 7.92. The number of carbonyl (C=O) groups is 1. The van der Waals surface area contributed by atoms with Crippen molar-refractivity contribution in [2.24, 2.45) is 0 Å². The van der Waals surface area contributed by atoms with E-state index >= 15 is 0 Å². The van der Waals surface area contributed by atoms with Crippen molar-refractivity contribution in [3.63, 3.8) is 0 Å². The van der Waals surface area contributed by atoms with E-state index in [0.717, 1.165) is 5.56 Å². The highest BCUT2D eigenvalue weighted by Crippen LogP contribution is 2.28. The Morgan fingerprint density at radius 3 is 2.34 bits per heavy atom. The first-order valence-electron chi connectivity index (χ1n) is 10.4. The summed E-state index contributed by atoms with van der Waals surface area (Å²) in [5.74, 6) is 0.360. The van der Waals surface area contributed by atoms with Gasteiger partial charge in [-0.3, -0.25) is 9.10 Å². The van der Waals surface area contributed by atoms with E-state index in [4.69, 9.17) is 14.2 Å². The largest absolute Gasteiger partial charge is 0.497 e. The topological polar surface area (TPSA) is 94.2 Å². The van der Waals surface area contributed by atoms with Crippen LogP contribution in [0.15, 0.2) is 47.4 Å². The molecule has 2 aromatic rings. The fraction of sp³-hybridized carbons (Fsp3) is 0.435. The van der Waals surface area contributed by atoms with Crippen LogP contribution >= 0.6 is 0 Å². The van der Waals surface area contributed by atoms with Crippen LogP contribution in [0, 0.1) is 13.8 Å². The summed E-state index contributed by atoms with van der Waals surface area (Å²) in [7, 11) is -0.745. The molecule has 1 N–H and O–H groups in total. The molecule has 2 aromatic carbocycles. The number of rotatable bonds is 13. The molecule has 8 nitrogen and oxygen atoms in total. The number of benzene rings is 2. The lowest BCUT2D eigenvalue weighted by Gasteiger charge is -2.25. The van der Waals surface area contributed by atoms with Gasteiger partial charge in [-0.1, -0.05) is 17.7 Å². The first-order valence-corrected chi connectivity index (χ1v) is 11.8. The van der Waals surface area contributed by atoms with Crippen LogP contribution in [0.3, 0.4) is 0 Å². The normalized spacial score (nSPS) is 11.2. The van der Waals surface area contributed by atoms with E-state index < -0.39 is 10.0 Å². The van der Waals surface area contributed by atoms with Gasteiger partial charge >= 0.3 is 0 Å². The molecular weight excluding hydrogens is 432 g/mol. The average molecular weight is 465 g/mol. The minimum Gasteiger partial charge on any atom is -0.497 e. The van der Waals surface area contributed by atoms with Crippen molar-refractivity contribution in [3.8, 4) is 5.75 Å². The molecule has 0 spiro atoms. The second-order valence-electron chi connectivity index (χ2n) is 7.25. The Bertz CT molecular complexity index is 976. The third-order valence-corrected chi connectivity index (χ3v) is 6.79. The maximum absolute atomic E-state index is 13.5. The number of nitrogens with zero attached hydrogens (tertiary/aromatic N) is 1. The van der Waals surface area contributed by atoms with Gasteiger partial charge in [0.25, 0.3) is 10.0 Å². The van der Waals surface area contributed by atoms with Crippen LogP contribution in [0.4, 0.5) is 5.69 Å². The Morgan fingerprint density at radius 1 is 1.00 bits per heavy atom. The second-order valence-corrected chi connectivity index (χ2v) is 9.08. The van der Waals surface area contributed by atoms with Gasteiger partial charge in [0, 0.05) is 26.6 Å². The van der Waals surface area contributed by atoms with Gasteiger partial charge in [0.05, 0.1) is 37.5 Å². The highest BCUT2D eigenvalue weighted by Gasteiger charge is 2.27. The van der Waals surface area contributed by atoms with Gasteiger partial charge in [0.15, 0.2) is 0 Å². The van der Waals surface area contributed by atoms with Gasteiger partial charge in [-0.15, -0.1) is 0 Å². The van der Waals surface area contributed by atoms with Crippen LogP contribution in [0.25, 0.3) is 0 Å². The minimum absolute atomic E-state index is 0.00164. The molecule has 0 radical (unpaired) electrons. The standard InChI is InChI=1S/C23H32N2O6S/c1-18-5-10-22(19(2)17-18)32(27,28)25(20-6-8-21(30-4)9-7-20)13-11-23(26)24-12-14-31-16-15-29-3/h5-10,17H,11-16H2,1-4H3,(H,24,26). The summed E-state index contributed by atoms with van der Waals surface area (Å²) in [5, 5.41) is 2.75. The molecule has 0 unspecified atom stereocenters. The van der Waals surface area contributed by atoms with Crippen molar-refractivity contribution in [2.75, 3.05) is 51.4 Å². The van der Waals surface area contributed by atoms with E-state index in [-0.39, 0.29) is 23.8 Å². The number of carbonyl (C=O) groups excluding carboxylic acids is 1. The molecule has 0 aromatic heterocycles. The molecule has 0 saturated carbocycles. The van der Waals surface area contributed by atoms with Gasteiger partial charge in [-0.2, -0.15) is 0 Å². The third-order valence-electron chi connectivity index (χ3n) is 4.80.